The second-order valence-corrected chi connectivity index (χ2v) is 5.64. The Bertz CT molecular complexity index is 262. The Balaban J connectivity index is 3.07. The third-order valence-corrected chi connectivity index (χ3v) is 3.72. The van der Waals surface area contributed by atoms with E-state index in [0.29, 0.717) is 5.92 Å². The molecule has 0 aliphatic carbocycles. The monoisotopic (exact) mass is 211 g/mol. The molecule has 0 aromatic rings. The first-order valence-corrected chi connectivity index (χ1v) is 5.99. The first kappa shape index (κ1) is 12.7. The fourth-order valence-electron chi connectivity index (χ4n) is 2.81. The Morgan fingerprint density at radius 2 is 1.67 bits per heavy atom. The zero-order chi connectivity index (χ0) is 11.9. The summed E-state index contributed by atoms with van der Waals surface area (Å²) < 4.78 is 0. The lowest BCUT2D eigenvalue weighted by Crippen LogP contribution is -2.48. The van der Waals surface area contributed by atoms with Gasteiger partial charge in [0.05, 0.1) is 11.1 Å². The summed E-state index contributed by atoms with van der Waals surface area (Å²) in [6, 6.07) is 0. The maximum Gasteiger partial charge on any atom is 0.0625 e. The average molecular weight is 211 g/mol. The van der Waals surface area contributed by atoms with Gasteiger partial charge in [0, 0.05) is 0 Å². The minimum atomic E-state index is -0.235. The molecule has 1 aliphatic heterocycles. The normalized spacial score (nSPS) is 24.7. The van der Waals surface area contributed by atoms with E-state index in [1.54, 1.807) is 0 Å². The first-order valence-electron chi connectivity index (χ1n) is 5.99. The summed E-state index contributed by atoms with van der Waals surface area (Å²) in [6.07, 6.45) is 4.54. The van der Waals surface area contributed by atoms with Crippen LogP contribution in [0.1, 0.15) is 54.4 Å². The smallest absolute Gasteiger partial charge is 0.0625 e. The van der Waals surface area contributed by atoms with E-state index < -0.39 is 0 Å². The van der Waals surface area contributed by atoms with Crippen molar-refractivity contribution in [2.75, 3.05) is 0 Å². The molecule has 1 N–H and O–H groups in total. The summed E-state index contributed by atoms with van der Waals surface area (Å²) in [4.78, 5) is 0. The van der Waals surface area contributed by atoms with E-state index in [1.807, 2.05) is 0 Å². The zero-order valence-electron chi connectivity index (χ0n) is 11.0. The van der Waals surface area contributed by atoms with Gasteiger partial charge in [-0.15, -0.1) is 0 Å². The highest BCUT2D eigenvalue weighted by Gasteiger charge is 2.46. The van der Waals surface area contributed by atoms with Gasteiger partial charge in [0.2, 0.25) is 0 Å². The van der Waals surface area contributed by atoms with Crippen LogP contribution in [0.3, 0.4) is 0 Å². The third-order valence-electron chi connectivity index (χ3n) is 3.72. The van der Waals surface area contributed by atoms with Crippen molar-refractivity contribution in [3.8, 4) is 0 Å². The van der Waals surface area contributed by atoms with Crippen LogP contribution in [-0.2, 0) is 0 Å². The van der Waals surface area contributed by atoms with Crippen LogP contribution >= 0.6 is 0 Å². The number of hydrogen-bond donors (Lipinski definition) is 1. The Morgan fingerprint density at radius 1 is 1.20 bits per heavy atom. The molecule has 0 radical (unpaired) electrons. The van der Waals surface area contributed by atoms with Crippen molar-refractivity contribution in [2.45, 2.75) is 65.5 Å². The third kappa shape index (κ3) is 1.98. The summed E-state index contributed by atoms with van der Waals surface area (Å²) in [5, 5.41) is 11.7. The Kier molecular flexibility index (Phi) is 3.32. The summed E-state index contributed by atoms with van der Waals surface area (Å²) in [5.74, 6) is 0.594. The topological polar surface area (TPSA) is 23.5 Å². The molecule has 15 heavy (non-hydrogen) atoms. The summed E-state index contributed by atoms with van der Waals surface area (Å²) in [5.41, 5.74) is 0.932. The molecule has 1 aliphatic rings. The molecule has 1 rings (SSSR count). The van der Waals surface area contributed by atoms with Crippen LogP contribution < -0.4 is 0 Å². The zero-order valence-corrected chi connectivity index (χ0v) is 11.0. The molecule has 0 amide bonds. The van der Waals surface area contributed by atoms with E-state index in [4.69, 9.17) is 0 Å². The first-order chi connectivity index (χ1) is 6.77. The van der Waals surface area contributed by atoms with Gasteiger partial charge in [0.15, 0.2) is 0 Å². The molecule has 0 aromatic heterocycles. The maximum atomic E-state index is 10.2. The van der Waals surface area contributed by atoms with Crippen molar-refractivity contribution in [3.05, 3.63) is 11.6 Å². The standard InChI is InChI=1S/C13H25NO/c1-7-10(8-2)11-9-12(3,4)14(15)13(11,5)6/h9-10,15H,7-8H2,1-6H3. The number of rotatable bonds is 3. The van der Waals surface area contributed by atoms with Gasteiger partial charge in [0.25, 0.3) is 0 Å². The highest BCUT2D eigenvalue weighted by Crippen LogP contribution is 2.43. The van der Waals surface area contributed by atoms with Gasteiger partial charge in [-0.05, 0) is 52.0 Å². The average Bonchev–Trinajstić information content (AvgIpc) is 2.30. The Morgan fingerprint density at radius 3 is 1.93 bits per heavy atom. The predicted molar refractivity (Wildman–Crippen MR) is 63.9 cm³/mol. The minimum Gasteiger partial charge on any atom is -0.312 e. The predicted octanol–water partition coefficient (Wildman–Crippen LogP) is 3.61. The van der Waals surface area contributed by atoms with Gasteiger partial charge >= 0.3 is 0 Å². The molecular weight excluding hydrogens is 186 g/mol. The summed E-state index contributed by atoms with van der Waals surface area (Å²) in [7, 11) is 0. The molecule has 0 saturated heterocycles. The maximum absolute atomic E-state index is 10.2. The molecule has 0 aromatic carbocycles. The van der Waals surface area contributed by atoms with Gasteiger partial charge in [-0.3, -0.25) is 0 Å². The quantitative estimate of drug-likeness (QED) is 0.721. The van der Waals surface area contributed by atoms with Gasteiger partial charge in [0.1, 0.15) is 0 Å². The lowest BCUT2D eigenvalue weighted by atomic mass is 9.82. The summed E-state index contributed by atoms with van der Waals surface area (Å²) in [6.45, 7) is 12.8. The number of hydroxylamine groups is 2. The van der Waals surface area contributed by atoms with Crippen molar-refractivity contribution in [1.29, 1.82) is 0 Å². The largest absolute Gasteiger partial charge is 0.312 e. The van der Waals surface area contributed by atoms with Crippen LogP contribution in [0.4, 0.5) is 0 Å². The molecular formula is C13H25NO. The lowest BCUT2D eigenvalue weighted by molar-refractivity contribution is -0.186. The molecule has 88 valence electrons. The Hall–Kier alpha value is -0.340. The van der Waals surface area contributed by atoms with E-state index in [-0.39, 0.29) is 11.1 Å². The number of hydrogen-bond acceptors (Lipinski definition) is 2. The van der Waals surface area contributed by atoms with Gasteiger partial charge in [-0.25, -0.2) is 0 Å². The molecule has 1 heterocycles. The molecule has 0 fully saturated rings. The van der Waals surface area contributed by atoms with Gasteiger partial charge < -0.3 is 5.21 Å². The van der Waals surface area contributed by atoms with Crippen LogP contribution in [0.2, 0.25) is 0 Å². The molecule has 0 atom stereocenters. The van der Waals surface area contributed by atoms with E-state index in [9.17, 15) is 5.21 Å². The molecule has 2 nitrogen and oxygen atoms in total. The second-order valence-electron chi connectivity index (χ2n) is 5.64. The van der Waals surface area contributed by atoms with Crippen LogP contribution in [-0.4, -0.2) is 21.3 Å². The van der Waals surface area contributed by atoms with E-state index in [1.165, 1.54) is 10.6 Å². The van der Waals surface area contributed by atoms with Gasteiger partial charge in [-0.2, -0.15) is 5.06 Å². The van der Waals surface area contributed by atoms with E-state index in [0.717, 1.165) is 12.8 Å². The van der Waals surface area contributed by atoms with Crippen molar-refractivity contribution in [3.63, 3.8) is 0 Å². The van der Waals surface area contributed by atoms with Crippen LogP contribution in [0, 0.1) is 5.92 Å². The number of nitrogens with zero attached hydrogens (tertiary/aromatic N) is 1. The van der Waals surface area contributed by atoms with Crippen LogP contribution in [0.25, 0.3) is 0 Å². The lowest BCUT2D eigenvalue weighted by Gasteiger charge is -2.37. The molecule has 0 unspecified atom stereocenters. The van der Waals surface area contributed by atoms with Crippen LogP contribution in [0.5, 0.6) is 0 Å². The Labute approximate surface area is 93.9 Å². The van der Waals surface area contributed by atoms with Crippen LogP contribution in [0.15, 0.2) is 11.6 Å². The minimum absolute atomic E-state index is 0.222. The fraction of sp³-hybridized carbons (Fsp3) is 0.846. The molecule has 0 saturated carbocycles. The van der Waals surface area contributed by atoms with E-state index >= 15 is 0 Å². The fourth-order valence-corrected chi connectivity index (χ4v) is 2.81. The molecule has 0 bridgehead atoms. The van der Waals surface area contributed by atoms with Crippen molar-refractivity contribution in [2.24, 2.45) is 5.92 Å². The van der Waals surface area contributed by atoms with Crippen molar-refractivity contribution < 1.29 is 5.21 Å². The van der Waals surface area contributed by atoms with Gasteiger partial charge in [-0.1, -0.05) is 19.9 Å². The highest BCUT2D eigenvalue weighted by atomic mass is 16.5. The molecule has 2 heteroatoms. The highest BCUT2D eigenvalue weighted by molar-refractivity contribution is 5.31. The molecule has 0 spiro atoms. The second kappa shape index (κ2) is 3.91. The summed E-state index contributed by atoms with van der Waals surface area (Å²) >= 11 is 0. The van der Waals surface area contributed by atoms with Crippen molar-refractivity contribution >= 4 is 0 Å². The van der Waals surface area contributed by atoms with Crippen molar-refractivity contribution in [1.82, 2.24) is 5.06 Å². The SMILES string of the molecule is CCC(CC)C1=CC(C)(C)N(O)C1(C)C. The van der Waals surface area contributed by atoms with E-state index in [2.05, 4.69) is 47.6 Å².